The summed E-state index contributed by atoms with van der Waals surface area (Å²) in [5.41, 5.74) is 7.75. The number of amidine groups is 1. The predicted octanol–water partition coefficient (Wildman–Crippen LogP) is 5.46. The minimum atomic E-state index is -4.43. The van der Waals surface area contributed by atoms with Crippen LogP contribution in [0.25, 0.3) is 11.1 Å². The number of hydrogen-bond acceptors (Lipinski definition) is 3. The Morgan fingerprint density at radius 3 is 2.28 bits per heavy atom. The second-order valence-electron chi connectivity index (χ2n) is 6.32. The maximum absolute atomic E-state index is 13.0. The molecule has 0 heterocycles. The van der Waals surface area contributed by atoms with Crippen LogP contribution in [0.5, 0.6) is 0 Å². The molecule has 0 aliphatic carbocycles. The van der Waals surface area contributed by atoms with Gasteiger partial charge in [-0.1, -0.05) is 36.4 Å². The number of nitrogen functional groups attached to an aromatic ring is 1. The van der Waals surface area contributed by atoms with E-state index in [1.54, 1.807) is 31.3 Å². The molecular weight excluding hydrogens is 377 g/mol. The van der Waals surface area contributed by atoms with Gasteiger partial charge >= 0.3 is 6.18 Å². The molecule has 0 unspecified atom stereocenters. The van der Waals surface area contributed by atoms with Crippen molar-refractivity contribution in [2.75, 3.05) is 18.1 Å². The van der Waals surface area contributed by atoms with Crippen LogP contribution in [0.3, 0.4) is 0 Å². The number of nitrogens with one attached hydrogen (secondary N) is 2. The third-order valence-electron chi connectivity index (χ3n) is 4.34. The molecular formula is C22H19F3N4. The maximum atomic E-state index is 13.0. The topological polar surface area (TPSA) is 74.3 Å². The first kappa shape index (κ1) is 20.1. The zero-order valence-corrected chi connectivity index (χ0v) is 15.6. The fourth-order valence-electron chi connectivity index (χ4n) is 2.84. The van der Waals surface area contributed by atoms with Gasteiger partial charge < -0.3 is 11.1 Å². The van der Waals surface area contributed by atoms with E-state index in [1.807, 2.05) is 30.3 Å². The molecule has 0 bridgehead atoms. The molecule has 29 heavy (non-hydrogen) atoms. The smallest absolute Gasteiger partial charge is 0.398 e. The summed E-state index contributed by atoms with van der Waals surface area (Å²) in [5.74, 6) is 0.295. The van der Waals surface area contributed by atoms with Crippen molar-refractivity contribution >= 4 is 22.9 Å². The number of aliphatic imine (C=N–C) groups is 1. The molecule has 0 atom stereocenters. The third kappa shape index (κ3) is 4.63. The Kier molecular flexibility index (Phi) is 5.68. The fraction of sp³-hybridized carbons (Fsp3) is 0.0909. The summed E-state index contributed by atoms with van der Waals surface area (Å²) in [6, 6.07) is 19.1. The van der Waals surface area contributed by atoms with Crippen LogP contribution < -0.4 is 11.1 Å². The molecule has 0 fully saturated rings. The second kappa shape index (κ2) is 8.18. The molecule has 3 aromatic carbocycles. The van der Waals surface area contributed by atoms with Crippen molar-refractivity contribution in [3.63, 3.8) is 0 Å². The number of halogens is 3. The van der Waals surface area contributed by atoms with E-state index < -0.39 is 11.7 Å². The fourth-order valence-corrected chi connectivity index (χ4v) is 2.84. The van der Waals surface area contributed by atoms with Crippen LogP contribution in [0.4, 0.5) is 24.5 Å². The van der Waals surface area contributed by atoms with Gasteiger partial charge in [0.1, 0.15) is 5.71 Å². The molecule has 0 aliphatic heterocycles. The van der Waals surface area contributed by atoms with Crippen molar-refractivity contribution in [1.29, 1.82) is 5.41 Å². The number of hydrogen-bond donors (Lipinski definition) is 3. The van der Waals surface area contributed by atoms with E-state index in [2.05, 4.69) is 10.3 Å². The first-order valence-corrected chi connectivity index (χ1v) is 8.75. The minimum absolute atomic E-state index is 0.0441. The number of alkyl halides is 3. The van der Waals surface area contributed by atoms with Crippen molar-refractivity contribution < 1.29 is 13.2 Å². The van der Waals surface area contributed by atoms with Gasteiger partial charge in [0.15, 0.2) is 5.84 Å². The summed E-state index contributed by atoms with van der Waals surface area (Å²) in [6.45, 7) is 0. The number of rotatable bonds is 4. The lowest BCUT2D eigenvalue weighted by molar-refractivity contribution is -0.137. The second-order valence-corrected chi connectivity index (χ2v) is 6.32. The number of anilines is 2. The van der Waals surface area contributed by atoms with Crippen LogP contribution in [-0.4, -0.2) is 18.6 Å². The Morgan fingerprint density at radius 1 is 0.931 bits per heavy atom. The summed E-state index contributed by atoms with van der Waals surface area (Å²) in [4.78, 5) is 4.13. The maximum Gasteiger partial charge on any atom is 0.416 e. The van der Waals surface area contributed by atoms with Crippen molar-refractivity contribution in [2.45, 2.75) is 6.18 Å². The number of nitrogens with two attached hydrogens (primary N) is 1. The van der Waals surface area contributed by atoms with Gasteiger partial charge in [-0.25, -0.2) is 0 Å². The third-order valence-corrected chi connectivity index (χ3v) is 4.34. The SMILES string of the molecule is CN=C(Nc1ccccc1)C(=N)c1cc(-c2cccc(C(F)(F)F)c2)ccc1N. The van der Waals surface area contributed by atoms with Crippen LogP contribution in [0.1, 0.15) is 11.1 Å². The molecule has 7 heteroatoms. The summed E-state index contributed by atoms with van der Waals surface area (Å²) in [5, 5.41) is 11.6. The zero-order chi connectivity index (χ0) is 21.0. The lowest BCUT2D eigenvalue weighted by Crippen LogP contribution is -2.24. The van der Waals surface area contributed by atoms with E-state index in [1.165, 1.54) is 6.07 Å². The Labute approximate surface area is 166 Å². The molecule has 0 spiro atoms. The van der Waals surface area contributed by atoms with Crippen molar-refractivity contribution in [1.82, 2.24) is 0 Å². The summed E-state index contributed by atoms with van der Waals surface area (Å²) >= 11 is 0. The van der Waals surface area contributed by atoms with Crippen LogP contribution in [0.15, 0.2) is 77.8 Å². The molecule has 0 radical (unpaired) electrons. The first-order chi connectivity index (χ1) is 13.8. The molecule has 0 aromatic heterocycles. The van der Waals surface area contributed by atoms with Gasteiger partial charge in [0.2, 0.25) is 0 Å². The molecule has 0 aliphatic rings. The number of nitrogens with zero attached hydrogens (tertiary/aromatic N) is 1. The molecule has 3 rings (SSSR count). The Morgan fingerprint density at radius 2 is 1.62 bits per heavy atom. The molecule has 0 saturated heterocycles. The Balaban J connectivity index is 1.96. The first-order valence-electron chi connectivity index (χ1n) is 8.75. The van der Waals surface area contributed by atoms with Crippen LogP contribution >= 0.6 is 0 Å². The van der Waals surface area contributed by atoms with Crippen LogP contribution in [0, 0.1) is 5.41 Å². The molecule has 3 aromatic rings. The van der Waals surface area contributed by atoms with Gasteiger partial charge in [-0.3, -0.25) is 10.4 Å². The van der Waals surface area contributed by atoms with Gasteiger partial charge in [0.25, 0.3) is 0 Å². The molecule has 0 saturated carbocycles. The van der Waals surface area contributed by atoms with Gasteiger partial charge in [-0.05, 0) is 47.5 Å². The van der Waals surface area contributed by atoms with E-state index >= 15 is 0 Å². The predicted molar refractivity (Wildman–Crippen MR) is 112 cm³/mol. The Hall–Kier alpha value is -3.61. The molecule has 4 nitrogen and oxygen atoms in total. The summed E-state index contributed by atoms with van der Waals surface area (Å²) in [7, 11) is 1.55. The number of para-hydroxylation sites is 1. The summed E-state index contributed by atoms with van der Waals surface area (Å²) < 4.78 is 39.1. The van der Waals surface area contributed by atoms with Crippen LogP contribution in [-0.2, 0) is 6.18 Å². The van der Waals surface area contributed by atoms with Crippen molar-refractivity contribution in [3.8, 4) is 11.1 Å². The van der Waals surface area contributed by atoms with Crippen molar-refractivity contribution in [2.24, 2.45) is 4.99 Å². The normalized spacial score (nSPS) is 11.9. The van der Waals surface area contributed by atoms with Crippen molar-refractivity contribution in [3.05, 3.63) is 83.9 Å². The van der Waals surface area contributed by atoms with E-state index in [0.717, 1.165) is 17.8 Å². The van der Waals surface area contributed by atoms with E-state index in [4.69, 9.17) is 11.1 Å². The van der Waals surface area contributed by atoms with Crippen LogP contribution in [0.2, 0.25) is 0 Å². The highest BCUT2D eigenvalue weighted by Gasteiger charge is 2.30. The van der Waals surface area contributed by atoms with E-state index in [-0.39, 0.29) is 5.71 Å². The lowest BCUT2D eigenvalue weighted by Gasteiger charge is -2.14. The molecule has 0 amide bonds. The van der Waals surface area contributed by atoms with Gasteiger partial charge in [-0.15, -0.1) is 0 Å². The van der Waals surface area contributed by atoms with Gasteiger partial charge in [0, 0.05) is 24.0 Å². The largest absolute Gasteiger partial charge is 0.416 e. The highest BCUT2D eigenvalue weighted by molar-refractivity contribution is 6.50. The highest BCUT2D eigenvalue weighted by atomic mass is 19.4. The standard InChI is InChI=1S/C22H19F3N4/c1-28-21(29-17-8-3-2-4-9-17)20(27)18-13-15(10-11-19(18)26)14-6-5-7-16(12-14)22(23,24)25/h2-13,27H,26H2,1H3,(H,28,29). The average Bonchev–Trinajstić information content (AvgIpc) is 2.72. The highest BCUT2D eigenvalue weighted by Crippen LogP contribution is 2.33. The van der Waals surface area contributed by atoms with E-state index in [0.29, 0.717) is 28.2 Å². The number of benzene rings is 3. The van der Waals surface area contributed by atoms with Gasteiger partial charge in [0.05, 0.1) is 5.56 Å². The Bertz CT molecular complexity index is 1060. The molecule has 4 N–H and O–H groups in total. The van der Waals surface area contributed by atoms with E-state index in [9.17, 15) is 13.2 Å². The summed E-state index contributed by atoms with van der Waals surface area (Å²) in [6.07, 6.45) is -4.43. The minimum Gasteiger partial charge on any atom is -0.398 e. The zero-order valence-electron chi connectivity index (χ0n) is 15.6. The van der Waals surface area contributed by atoms with Gasteiger partial charge in [-0.2, -0.15) is 13.2 Å². The average molecular weight is 396 g/mol. The monoisotopic (exact) mass is 396 g/mol. The quantitative estimate of drug-likeness (QED) is 0.311. The molecule has 148 valence electrons. The lowest BCUT2D eigenvalue weighted by atomic mass is 9.97.